The number of benzene rings is 2. The summed E-state index contributed by atoms with van der Waals surface area (Å²) in [5.41, 5.74) is 2.78. The van der Waals surface area contributed by atoms with Crippen LogP contribution in [-0.4, -0.2) is 12.6 Å². The van der Waals surface area contributed by atoms with Crippen LogP contribution in [0.5, 0.6) is 5.75 Å². The number of hydrogen-bond donors (Lipinski definition) is 2. The lowest BCUT2D eigenvalue weighted by atomic mass is 10.1. The van der Waals surface area contributed by atoms with Crippen molar-refractivity contribution in [3.63, 3.8) is 0 Å². The second-order valence-corrected chi connectivity index (χ2v) is 5.30. The molecule has 2 rings (SSSR count). The van der Waals surface area contributed by atoms with Crippen molar-refractivity contribution in [3.8, 4) is 5.75 Å². The highest BCUT2D eigenvalue weighted by molar-refractivity contribution is 6.31. The van der Waals surface area contributed by atoms with E-state index in [9.17, 15) is 4.79 Å². The smallest absolute Gasteiger partial charge is 0.319 e. The fourth-order valence-electron chi connectivity index (χ4n) is 1.94. The zero-order valence-electron chi connectivity index (χ0n) is 12.7. The molecule has 0 radical (unpaired) electrons. The molecule has 0 aliphatic carbocycles. The van der Waals surface area contributed by atoms with Crippen molar-refractivity contribution in [1.82, 2.24) is 5.32 Å². The Hall–Kier alpha value is -2.20. The van der Waals surface area contributed by atoms with Gasteiger partial charge in [-0.3, -0.25) is 0 Å². The molecule has 0 saturated carbocycles. The normalized spacial score (nSPS) is 10.1. The van der Waals surface area contributed by atoms with E-state index < -0.39 is 0 Å². The number of rotatable bonds is 5. The molecule has 22 heavy (non-hydrogen) atoms. The Morgan fingerprint density at radius 2 is 1.91 bits per heavy atom. The Bertz CT molecular complexity index is 642. The number of carbonyl (C=O) groups is 1. The van der Waals surface area contributed by atoms with Crippen molar-refractivity contribution in [3.05, 3.63) is 58.6 Å². The van der Waals surface area contributed by atoms with Gasteiger partial charge in [-0.05, 0) is 37.6 Å². The molecule has 2 N–H and O–H groups in total. The van der Waals surface area contributed by atoms with Gasteiger partial charge in [-0.25, -0.2) is 4.79 Å². The van der Waals surface area contributed by atoms with Crippen LogP contribution in [0, 0.1) is 6.92 Å². The van der Waals surface area contributed by atoms with E-state index in [1.54, 1.807) is 18.2 Å². The van der Waals surface area contributed by atoms with Crippen LogP contribution < -0.4 is 15.4 Å². The largest absolute Gasteiger partial charge is 0.492 e. The third kappa shape index (κ3) is 4.67. The number of amides is 2. The predicted octanol–water partition coefficient (Wildman–Crippen LogP) is 4.37. The minimum Gasteiger partial charge on any atom is -0.492 e. The van der Waals surface area contributed by atoms with Gasteiger partial charge in [-0.1, -0.05) is 41.4 Å². The Morgan fingerprint density at radius 1 is 1.18 bits per heavy atom. The molecule has 5 heteroatoms. The average molecular weight is 319 g/mol. The van der Waals surface area contributed by atoms with Crippen molar-refractivity contribution in [2.45, 2.75) is 20.4 Å². The van der Waals surface area contributed by atoms with E-state index in [-0.39, 0.29) is 6.03 Å². The first kappa shape index (κ1) is 16.2. The summed E-state index contributed by atoms with van der Waals surface area (Å²) in [7, 11) is 0. The summed E-state index contributed by atoms with van der Waals surface area (Å²) in [6.07, 6.45) is 0. The maximum Gasteiger partial charge on any atom is 0.319 e. The molecule has 0 fully saturated rings. The number of nitrogens with one attached hydrogen (secondary N) is 2. The molecule has 0 bridgehead atoms. The van der Waals surface area contributed by atoms with Gasteiger partial charge in [0.15, 0.2) is 0 Å². The molecule has 0 atom stereocenters. The van der Waals surface area contributed by atoms with Crippen LogP contribution in [0.25, 0.3) is 0 Å². The molecule has 116 valence electrons. The van der Waals surface area contributed by atoms with Gasteiger partial charge < -0.3 is 15.4 Å². The summed E-state index contributed by atoms with van der Waals surface area (Å²) in [5, 5.41) is 6.10. The monoisotopic (exact) mass is 318 g/mol. The van der Waals surface area contributed by atoms with Crippen LogP contribution in [0.15, 0.2) is 42.5 Å². The zero-order chi connectivity index (χ0) is 15.9. The second-order valence-electron chi connectivity index (χ2n) is 4.87. The van der Waals surface area contributed by atoms with Crippen molar-refractivity contribution in [1.29, 1.82) is 0 Å². The van der Waals surface area contributed by atoms with Gasteiger partial charge in [-0.2, -0.15) is 0 Å². The first-order valence-electron chi connectivity index (χ1n) is 7.11. The Kier molecular flexibility index (Phi) is 5.67. The maximum absolute atomic E-state index is 12.0. The minimum atomic E-state index is -0.302. The highest BCUT2D eigenvalue weighted by Gasteiger charge is 2.08. The molecule has 0 saturated heterocycles. The van der Waals surface area contributed by atoms with Gasteiger partial charge in [0.1, 0.15) is 5.75 Å². The van der Waals surface area contributed by atoms with E-state index in [4.69, 9.17) is 16.3 Å². The molecule has 2 aromatic rings. The quantitative estimate of drug-likeness (QED) is 0.860. The first-order valence-corrected chi connectivity index (χ1v) is 7.49. The van der Waals surface area contributed by atoms with E-state index in [0.717, 1.165) is 5.56 Å². The molecule has 0 aromatic heterocycles. The highest BCUT2D eigenvalue weighted by atomic mass is 35.5. The molecule has 2 aromatic carbocycles. The van der Waals surface area contributed by atoms with Gasteiger partial charge in [-0.15, -0.1) is 0 Å². The first-order chi connectivity index (χ1) is 10.6. The SMILES string of the molecule is CCOc1ccc(Cl)cc1NC(=O)NCc1ccc(C)cc1. The third-order valence-corrected chi connectivity index (χ3v) is 3.30. The Morgan fingerprint density at radius 3 is 2.59 bits per heavy atom. The predicted molar refractivity (Wildman–Crippen MR) is 89.7 cm³/mol. The number of aryl methyl sites for hydroxylation is 1. The fourth-order valence-corrected chi connectivity index (χ4v) is 2.11. The van der Waals surface area contributed by atoms with Gasteiger partial charge in [0.2, 0.25) is 0 Å². The molecule has 4 nitrogen and oxygen atoms in total. The molecular formula is C17H19ClN2O2. The number of hydrogen-bond acceptors (Lipinski definition) is 2. The minimum absolute atomic E-state index is 0.302. The van der Waals surface area contributed by atoms with Crippen molar-refractivity contribution < 1.29 is 9.53 Å². The molecule has 0 aliphatic heterocycles. The van der Waals surface area contributed by atoms with Crippen molar-refractivity contribution >= 4 is 23.3 Å². The van der Waals surface area contributed by atoms with Gasteiger partial charge in [0, 0.05) is 11.6 Å². The van der Waals surface area contributed by atoms with Gasteiger partial charge in [0.05, 0.1) is 12.3 Å². The number of anilines is 1. The highest BCUT2D eigenvalue weighted by Crippen LogP contribution is 2.27. The van der Waals surface area contributed by atoms with E-state index in [1.807, 2.05) is 38.1 Å². The van der Waals surface area contributed by atoms with Crippen molar-refractivity contribution in [2.24, 2.45) is 0 Å². The third-order valence-electron chi connectivity index (χ3n) is 3.06. The summed E-state index contributed by atoms with van der Waals surface area (Å²) < 4.78 is 5.47. The summed E-state index contributed by atoms with van der Waals surface area (Å²) >= 11 is 5.96. The van der Waals surface area contributed by atoms with E-state index >= 15 is 0 Å². The van der Waals surface area contributed by atoms with E-state index in [1.165, 1.54) is 5.56 Å². The maximum atomic E-state index is 12.0. The average Bonchev–Trinajstić information content (AvgIpc) is 2.49. The second kappa shape index (κ2) is 7.71. The van der Waals surface area contributed by atoms with Gasteiger partial charge in [0.25, 0.3) is 0 Å². The fraction of sp³-hybridized carbons (Fsp3) is 0.235. The lowest BCUT2D eigenvalue weighted by Gasteiger charge is -2.12. The van der Waals surface area contributed by atoms with Crippen LogP contribution in [0.2, 0.25) is 5.02 Å². The molecular weight excluding hydrogens is 300 g/mol. The van der Waals surface area contributed by atoms with E-state index in [2.05, 4.69) is 10.6 Å². The number of ether oxygens (including phenoxy) is 1. The summed E-state index contributed by atoms with van der Waals surface area (Å²) in [6, 6.07) is 12.8. The topological polar surface area (TPSA) is 50.4 Å². The summed E-state index contributed by atoms with van der Waals surface area (Å²) in [4.78, 5) is 12.0. The standard InChI is InChI=1S/C17H19ClN2O2/c1-3-22-16-9-8-14(18)10-15(16)20-17(21)19-11-13-6-4-12(2)5-7-13/h4-10H,3,11H2,1-2H3,(H2,19,20,21). The molecule has 0 aliphatic rings. The summed E-state index contributed by atoms with van der Waals surface area (Å²) in [6.45, 7) is 4.88. The molecule has 0 unspecified atom stereocenters. The van der Waals surface area contributed by atoms with Crippen LogP contribution in [0.1, 0.15) is 18.1 Å². The number of carbonyl (C=O) groups excluding carboxylic acids is 1. The number of halogens is 1. The van der Waals surface area contributed by atoms with Crippen LogP contribution in [-0.2, 0) is 6.54 Å². The summed E-state index contributed by atoms with van der Waals surface area (Å²) in [5.74, 6) is 0.595. The Balaban J connectivity index is 1.96. The van der Waals surface area contributed by atoms with Crippen LogP contribution in [0.3, 0.4) is 0 Å². The lowest BCUT2D eigenvalue weighted by molar-refractivity contribution is 0.251. The van der Waals surface area contributed by atoms with Crippen LogP contribution >= 0.6 is 11.6 Å². The molecule has 0 spiro atoms. The molecule has 0 heterocycles. The zero-order valence-corrected chi connectivity index (χ0v) is 13.4. The van der Waals surface area contributed by atoms with Gasteiger partial charge >= 0.3 is 6.03 Å². The van der Waals surface area contributed by atoms with E-state index in [0.29, 0.717) is 29.6 Å². The Labute approximate surface area is 135 Å². The van der Waals surface area contributed by atoms with Crippen molar-refractivity contribution in [2.75, 3.05) is 11.9 Å². The number of urea groups is 1. The molecule has 2 amide bonds. The lowest BCUT2D eigenvalue weighted by Crippen LogP contribution is -2.28. The van der Waals surface area contributed by atoms with Crippen LogP contribution in [0.4, 0.5) is 10.5 Å².